The number of carbonyl (C=O) groups is 1. The number of hydrogen-bond acceptors (Lipinski definition) is 2. The van der Waals surface area contributed by atoms with Crippen LogP contribution in [-0.4, -0.2) is 29.7 Å². The molecule has 1 fully saturated rings. The van der Waals surface area contributed by atoms with E-state index < -0.39 is 5.60 Å². The number of likely N-dealkylation sites (tertiary alicyclic amines) is 1. The van der Waals surface area contributed by atoms with E-state index in [1.54, 1.807) is 4.90 Å². The average molecular weight is 308 g/mol. The summed E-state index contributed by atoms with van der Waals surface area (Å²) in [5, 5.41) is 0.746. The lowest BCUT2D eigenvalue weighted by Crippen LogP contribution is -2.40. The van der Waals surface area contributed by atoms with Crippen molar-refractivity contribution in [3.05, 3.63) is 40.4 Å². The highest BCUT2D eigenvalue weighted by atomic mass is 35.5. The van der Waals surface area contributed by atoms with Gasteiger partial charge in [-0.05, 0) is 51.3 Å². The van der Waals surface area contributed by atoms with Crippen molar-refractivity contribution in [1.29, 1.82) is 0 Å². The molecule has 1 amide bonds. The number of carbonyl (C=O) groups excluding carboxylic acids is 1. The molecule has 0 N–H and O–H groups in total. The summed E-state index contributed by atoms with van der Waals surface area (Å²) in [5.41, 5.74) is 2.02. The summed E-state index contributed by atoms with van der Waals surface area (Å²) in [6.45, 7) is 7.08. The van der Waals surface area contributed by atoms with Crippen LogP contribution in [0.3, 0.4) is 0 Å². The average Bonchev–Trinajstić information content (AvgIpc) is 2.37. The van der Waals surface area contributed by atoms with Crippen LogP contribution in [0, 0.1) is 0 Å². The van der Waals surface area contributed by atoms with Crippen molar-refractivity contribution in [3.63, 3.8) is 0 Å². The molecule has 1 aromatic carbocycles. The van der Waals surface area contributed by atoms with E-state index in [1.807, 2.05) is 45.0 Å². The molecule has 0 atom stereocenters. The third-order valence-electron chi connectivity index (χ3n) is 3.28. The van der Waals surface area contributed by atoms with Gasteiger partial charge in [0, 0.05) is 18.1 Å². The quantitative estimate of drug-likeness (QED) is 0.749. The van der Waals surface area contributed by atoms with Crippen LogP contribution in [-0.2, 0) is 4.74 Å². The fraction of sp³-hybridized carbons (Fsp3) is 0.471. The van der Waals surface area contributed by atoms with Crippen molar-refractivity contribution in [3.8, 4) is 0 Å². The summed E-state index contributed by atoms with van der Waals surface area (Å²) in [5.74, 6) is 0. The van der Waals surface area contributed by atoms with Crippen LogP contribution in [0.4, 0.5) is 4.79 Å². The summed E-state index contributed by atoms with van der Waals surface area (Å²) >= 11 is 5.99. The second-order valence-corrected chi connectivity index (χ2v) is 6.76. The van der Waals surface area contributed by atoms with Gasteiger partial charge in [0.1, 0.15) is 5.60 Å². The highest BCUT2D eigenvalue weighted by Gasteiger charge is 2.24. The van der Waals surface area contributed by atoms with Crippen molar-refractivity contribution in [2.45, 2.75) is 39.2 Å². The zero-order valence-corrected chi connectivity index (χ0v) is 13.6. The van der Waals surface area contributed by atoms with Crippen LogP contribution < -0.4 is 0 Å². The molecule has 0 radical (unpaired) electrons. The molecule has 0 saturated carbocycles. The van der Waals surface area contributed by atoms with E-state index in [1.165, 1.54) is 5.57 Å². The summed E-state index contributed by atoms with van der Waals surface area (Å²) in [7, 11) is 0. The van der Waals surface area contributed by atoms with Gasteiger partial charge in [-0.2, -0.15) is 0 Å². The Balaban J connectivity index is 1.93. The van der Waals surface area contributed by atoms with Crippen LogP contribution in [0.5, 0.6) is 0 Å². The maximum Gasteiger partial charge on any atom is 0.410 e. The lowest BCUT2D eigenvalue weighted by molar-refractivity contribution is 0.0237. The number of rotatable bonds is 1. The topological polar surface area (TPSA) is 29.5 Å². The maximum atomic E-state index is 12.0. The predicted octanol–water partition coefficient (Wildman–Crippen LogP) is 4.75. The summed E-state index contributed by atoms with van der Waals surface area (Å²) in [4.78, 5) is 13.8. The van der Waals surface area contributed by atoms with Crippen molar-refractivity contribution < 1.29 is 9.53 Å². The van der Waals surface area contributed by atoms with Gasteiger partial charge < -0.3 is 9.64 Å². The second kappa shape index (κ2) is 6.52. The van der Waals surface area contributed by atoms with E-state index in [2.05, 4.69) is 6.08 Å². The predicted molar refractivity (Wildman–Crippen MR) is 86.5 cm³/mol. The van der Waals surface area contributed by atoms with Gasteiger partial charge in [0.15, 0.2) is 0 Å². The van der Waals surface area contributed by atoms with Crippen molar-refractivity contribution in [2.24, 2.45) is 0 Å². The molecule has 3 nitrogen and oxygen atoms in total. The van der Waals surface area contributed by atoms with Crippen LogP contribution in [0.1, 0.15) is 39.2 Å². The first-order chi connectivity index (χ1) is 9.83. The van der Waals surface area contributed by atoms with Crippen molar-refractivity contribution in [1.82, 2.24) is 4.90 Å². The zero-order valence-electron chi connectivity index (χ0n) is 12.9. The van der Waals surface area contributed by atoms with E-state index in [-0.39, 0.29) is 6.09 Å². The Morgan fingerprint density at radius 2 is 1.95 bits per heavy atom. The largest absolute Gasteiger partial charge is 0.444 e. The molecule has 2 rings (SSSR count). The minimum Gasteiger partial charge on any atom is -0.444 e. The van der Waals surface area contributed by atoms with E-state index >= 15 is 0 Å². The van der Waals surface area contributed by atoms with Gasteiger partial charge >= 0.3 is 6.09 Å². The number of hydrogen-bond donors (Lipinski definition) is 0. The smallest absolute Gasteiger partial charge is 0.410 e. The molecular formula is C17H22ClNO2. The Morgan fingerprint density at radius 3 is 2.52 bits per heavy atom. The third-order valence-corrected chi connectivity index (χ3v) is 3.51. The molecule has 1 aliphatic heterocycles. The van der Waals surface area contributed by atoms with Gasteiger partial charge in [0.25, 0.3) is 0 Å². The summed E-state index contributed by atoms with van der Waals surface area (Å²) < 4.78 is 5.40. The van der Waals surface area contributed by atoms with Gasteiger partial charge in [-0.1, -0.05) is 35.4 Å². The monoisotopic (exact) mass is 307 g/mol. The number of halogens is 1. The summed E-state index contributed by atoms with van der Waals surface area (Å²) in [6.07, 6.45) is 3.71. The molecule has 0 spiro atoms. The lowest BCUT2D eigenvalue weighted by Gasteiger charge is -2.31. The highest BCUT2D eigenvalue weighted by Crippen LogP contribution is 2.22. The molecule has 1 saturated heterocycles. The van der Waals surface area contributed by atoms with E-state index in [0.717, 1.165) is 23.4 Å². The van der Waals surface area contributed by atoms with Crippen LogP contribution in [0.2, 0.25) is 5.02 Å². The molecule has 21 heavy (non-hydrogen) atoms. The SMILES string of the molecule is CC(C)(C)OC(=O)N1CCC(=Cc2cccc(Cl)c2)CC1. The van der Waals surface area contributed by atoms with Crippen LogP contribution >= 0.6 is 11.6 Å². The second-order valence-electron chi connectivity index (χ2n) is 6.32. The minimum atomic E-state index is -0.437. The molecule has 4 heteroatoms. The minimum absolute atomic E-state index is 0.218. The fourth-order valence-electron chi connectivity index (χ4n) is 2.28. The number of nitrogens with zero attached hydrogens (tertiary/aromatic N) is 1. The number of benzene rings is 1. The van der Waals surface area contributed by atoms with E-state index in [4.69, 9.17) is 16.3 Å². The van der Waals surface area contributed by atoms with Gasteiger partial charge in [0.05, 0.1) is 0 Å². The fourth-order valence-corrected chi connectivity index (χ4v) is 2.48. The number of amides is 1. The molecule has 0 bridgehead atoms. The normalized spacial score (nSPS) is 15.8. The molecular weight excluding hydrogens is 286 g/mol. The van der Waals surface area contributed by atoms with Crippen LogP contribution in [0.15, 0.2) is 29.8 Å². The Hall–Kier alpha value is -1.48. The van der Waals surface area contributed by atoms with Crippen molar-refractivity contribution >= 4 is 23.8 Å². The van der Waals surface area contributed by atoms with Gasteiger partial charge in [-0.25, -0.2) is 4.79 Å². The first-order valence-corrected chi connectivity index (χ1v) is 7.64. The van der Waals surface area contributed by atoms with E-state index in [9.17, 15) is 4.79 Å². The Bertz CT molecular complexity index is 536. The maximum absolute atomic E-state index is 12.0. The molecule has 0 aliphatic carbocycles. The molecule has 114 valence electrons. The van der Waals surface area contributed by atoms with Gasteiger partial charge in [0.2, 0.25) is 0 Å². The first kappa shape index (κ1) is 15.9. The molecule has 1 heterocycles. The van der Waals surface area contributed by atoms with E-state index in [0.29, 0.717) is 13.1 Å². The van der Waals surface area contributed by atoms with Gasteiger partial charge in [-0.3, -0.25) is 0 Å². The first-order valence-electron chi connectivity index (χ1n) is 7.26. The Labute approximate surface area is 131 Å². The molecule has 0 aromatic heterocycles. The Kier molecular flexibility index (Phi) is 4.94. The number of piperidine rings is 1. The third kappa shape index (κ3) is 5.09. The lowest BCUT2D eigenvalue weighted by atomic mass is 10.0. The summed E-state index contributed by atoms with van der Waals surface area (Å²) in [6, 6.07) is 7.81. The molecule has 1 aliphatic rings. The van der Waals surface area contributed by atoms with Gasteiger partial charge in [-0.15, -0.1) is 0 Å². The van der Waals surface area contributed by atoms with Crippen molar-refractivity contribution in [2.75, 3.05) is 13.1 Å². The number of ether oxygens (including phenoxy) is 1. The van der Waals surface area contributed by atoms with Crippen LogP contribution in [0.25, 0.3) is 6.08 Å². The highest BCUT2D eigenvalue weighted by molar-refractivity contribution is 6.30. The zero-order chi connectivity index (χ0) is 15.5. The Morgan fingerprint density at radius 1 is 1.29 bits per heavy atom. The molecule has 0 unspecified atom stereocenters. The standard InChI is InChI=1S/C17H22ClNO2/c1-17(2,3)21-16(20)19-9-7-13(8-10-19)11-14-5-4-6-15(18)12-14/h4-6,11-12H,7-10H2,1-3H3. The molecule has 1 aromatic rings.